The monoisotopic (exact) mass is 326 g/mol. The van der Waals surface area contributed by atoms with Crippen molar-refractivity contribution >= 4 is 11.7 Å². The second-order valence-corrected chi connectivity index (χ2v) is 4.82. The van der Waals surface area contributed by atoms with Crippen molar-refractivity contribution in [3.63, 3.8) is 0 Å². The molecule has 124 valence electrons. The summed E-state index contributed by atoms with van der Waals surface area (Å²) in [5.74, 6) is -3.87. The number of carbonyl (C=O) groups excluding carboxylic acids is 1. The Balaban J connectivity index is 2.93. The zero-order valence-electron chi connectivity index (χ0n) is 12.0. The molecule has 0 bridgehead atoms. The summed E-state index contributed by atoms with van der Waals surface area (Å²) in [5, 5.41) is 3.35. The fourth-order valence-corrected chi connectivity index (χ4v) is 1.52. The molecule has 0 heterocycles. The number of ether oxygens (including phenoxy) is 1. The topological polar surface area (TPSA) is 50.4 Å². The minimum absolute atomic E-state index is 0.0896. The van der Waals surface area contributed by atoms with E-state index in [-0.39, 0.29) is 19.5 Å². The van der Waals surface area contributed by atoms with Gasteiger partial charge in [0, 0.05) is 18.7 Å². The molecule has 0 fully saturated rings. The van der Waals surface area contributed by atoms with Gasteiger partial charge in [-0.25, -0.2) is 13.6 Å². The first kappa shape index (κ1) is 18.0. The van der Waals surface area contributed by atoms with Gasteiger partial charge >= 0.3 is 12.2 Å². The fourth-order valence-electron chi connectivity index (χ4n) is 1.52. The Bertz CT molecular complexity index is 526. The third kappa shape index (κ3) is 3.77. The van der Waals surface area contributed by atoms with E-state index in [9.17, 15) is 26.7 Å². The number of anilines is 1. The van der Waals surface area contributed by atoms with E-state index in [0.717, 1.165) is 0 Å². The van der Waals surface area contributed by atoms with Gasteiger partial charge in [0.2, 0.25) is 0 Å². The van der Waals surface area contributed by atoms with Gasteiger partial charge in [-0.05, 0) is 19.1 Å². The van der Waals surface area contributed by atoms with Crippen molar-refractivity contribution in [2.75, 3.05) is 12.4 Å². The average Bonchev–Trinajstić information content (AvgIpc) is 2.36. The van der Waals surface area contributed by atoms with Crippen LogP contribution in [0.4, 0.5) is 32.4 Å². The molecule has 22 heavy (non-hydrogen) atoms. The van der Waals surface area contributed by atoms with Crippen molar-refractivity contribution in [1.29, 1.82) is 0 Å². The van der Waals surface area contributed by atoms with E-state index in [1.807, 2.05) is 0 Å². The predicted molar refractivity (Wildman–Crippen MR) is 70.2 cm³/mol. The first-order chi connectivity index (χ1) is 9.90. The molecule has 0 aliphatic carbocycles. The van der Waals surface area contributed by atoms with E-state index in [1.165, 1.54) is 30.6 Å². The SMILES string of the molecule is COc1cccc(NC(=O)NC(C)(C(C)(F)F)C(F)(F)F)c1. The number of hydrogen-bond acceptors (Lipinski definition) is 2. The lowest BCUT2D eigenvalue weighted by molar-refractivity contribution is -0.249. The van der Waals surface area contributed by atoms with Crippen LogP contribution in [0.3, 0.4) is 0 Å². The highest BCUT2D eigenvalue weighted by molar-refractivity contribution is 5.90. The lowest BCUT2D eigenvalue weighted by atomic mass is 9.94. The van der Waals surface area contributed by atoms with Gasteiger partial charge in [-0.15, -0.1) is 0 Å². The number of alkyl halides is 5. The molecular weight excluding hydrogens is 311 g/mol. The predicted octanol–water partition coefficient (Wildman–Crippen LogP) is 3.79. The number of hydrogen-bond donors (Lipinski definition) is 2. The quantitative estimate of drug-likeness (QED) is 0.827. The van der Waals surface area contributed by atoms with E-state index in [2.05, 4.69) is 5.32 Å². The zero-order chi connectivity index (χ0) is 17.2. The summed E-state index contributed by atoms with van der Waals surface area (Å²) >= 11 is 0. The molecule has 2 amide bonds. The Hall–Kier alpha value is -2.06. The standard InChI is InChI=1S/C13H15F5N2O2/c1-11(12(2,14)15,13(16,17)18)20-10(21)19-8-5-4-6-9(7-8)22-3/h4-7H,1-3H3,(H2,19,20,21). The Kier molecular flexibility index (Phi) is 4.89. The Labute approximate surface area is 123 Å². The van der Waals surface area contributed by atoms with Crippen LogP contribution in [0.2, 0.25) is 0 Å². The summed E-state index contributed by atoms with van der Waals surface area (Å²) in [4.78, 5) is 11.6. The summed E-state index contributed by atoms with van der Waals surface area (Å²) in [6, 6.07) is 4.32. The Morgan fingerprint density at radius 3 is 2.18 bits per heavy atom. The van der Waals surface area contributed by atoms with Gasteiger partial charge < -0.3 is 15.4 Å². The van der Waals surface area contributed by atoms with Crippen molar-refractivity contribution in [3.8, 4) is 5.75 Å². The van der Waals surface area contributed by atoms with Gasteiger partial charge in [0.05, 0.1) is 7.11 Å². The molecule has 0 aromatic heterocycles. The van der Waals surface area contributed by atoms with Gasteiger partial charge in [-0.2, -0.15) is 13.2 Å². The summed E-state index contributed by atoms with van der Waals surface area (Å²) in [6.45, 7) is 0.310. The Morgan fingerprint density at radius 1 is 1.14 bits per heavy atom. The highest BCUT2D eigenvalue weighted by Gasteiger charge is 2.65. The third-order valence-electron chi connectivity index (χ3n) is 3.14. The van der Waals surface area contributed by atoms with E-state index in [1.54, 1.807) is 6.07 Å². The number of carbonyl (C=O) groups is 1. The molecule has 2 N–H and O–H groups in total. The largest absolute Gasteiger partial charge is 0.497 e. The van der Waals surface area contributed by atoms with Gasteiger partial charge in [0.1, 0.15) is 5.75 Å². The number of halogens is 5. The summed E-state index contributed by atoms with van der Waals surface area (Å²) in [5.41, 5.74) is -3.61. The second kappa shape index (κ2) is 5.98. The van der Waals surface area contributed by atoms with Crippen molar-refractivity contribution in [2.24, 2.45) is 0 Å². The molecule has 1 unspecified atom stereocenters. The van der Waals surface area contributed by atoms with E-state index < -0.39 is 23.7 Å². The van der Waals surface area contributed by atoms with Crippen molar-refractivity contribution < 1.29 is 31.5 Å². The summed E-state index contributed by atoms with van der Waals surface area (Å²) in [7, 11) is 1.36. The third-order valence-corrected chi connectivity index (χ3v) is 3.14. The van der Waals surface area contributed by atoms with Crippen LogP contribution in [-0.2, 0) is 0 Å². The van der Waals surface area contributed by atoms with E-state index in [0.29, 0.717) is 5.75 Å². The molecule has 0 radical (unpaired) electrons. The van der Waals surface area contributed by atoms with Gasteiger partial charge in [-0.3, -0.25) is 0 Å². The molecule has 1 aromatic carbocycles. The molecule has 0 aliphatic heterocycles. The molecule has 9 heteroatoms. The molecular formula is C13H15F5N2O2. The smallest absolute Gasteiger partial charge is 0.417 e. The molecule has 0 spiro atoms. The summed E-state index contributed by atoms with van der Waals surface area (Å²) < 4.78 is 70.1. The molecule has 4 nitrogen and oxygen atoms in total. The van der Waals surface area contributed by atoms with Crippen molar-refractivity contribution in [2.45, 2.75) is 31.5 Å². The van der Waals surface area contributed by atoms with Crippen LogP contribution in [0.25, 0.3) is 0 Å². The maximum Gasteiger partial charge on any atom is 0.417 e. The second-order valence-electron chi connectivity index (χ2n) is 4.82. The normalized spacial score (nSPS) is 14.9. The average molecular weight is 326 g/mol. The molecule has 0 saturated carbocycles. The number of methoxy groups -OCH3 is 1. The van der Waals surface area contributed by atoms with Gasteiger partial charge in [-0.1, -0.05) is 6.07 Å². The number of benzene rings is 1. The maximum absolute atomic E-state index is 13.3. The van der Waals surface area contributed by atoms with Gasteiger partial charge in [0.25, 0.3) is 5.92 Å². The molecule has 0 saturated heterocycles. The first-order valence-corrected chi connectivity index (χ1v) is 6.08. The maximum atomic E-state index is 13.3. The lowest BCUT2D eigenvalue weighted by Gasteiger charge is -2.37. The molecule has 1 atom stereocenters. The van der Waals surface area contributed by atoms with Crippen LogP contribution in [0.15, 0.2) is 24.3 Å². The lowest BCUT2D eigenvalue weighted by Crippen LogP contribution is -2.66. The van der Waals surface area contributed by atoms with Crippen molar-refractivity contribution in [1.82, 2.24) is 5.32 Å². The number of nitrogens with one attached hydrogen (secondary N) is 2. The minimum Gasteiger partial charge on any atom is -0.497 e. The van der Waals surface area contributed by atoms with Crippen LogP contribution in [-0.4, -0.2) is 30.8 Å². The van der Waals surface area contributed by atoms with Crippen molar-refractivity contribution in [3.05, 3.63) is 24.3 Å². The zero-order valence-corrected chi connectivity index (χ0v) is 12.0. The highest BCUT2D eigenvalue weighted by atomic mass is 19.4. The van der Waals surface area contributed by atoms with Crippen LogP contribution in [0, 0.1) is 0 Å². The van der Waals surface area contributed by atoms with E-state index in [4.69, 9.17) is 4.74 Å². The highest BCUT2D eigenvalue weighted by Crippen LogP contribution is 2.41. The van der Waals surface area contributed by atoms with Crippen LogP contribution >= 0.6 is 0 Å². The Morgan fingerprint density at radius 2 is 1.73 bits per heavy atom. The van der Waals surface area contributed by atoms with E-state index >= 15 is 0 Å². The van der Waals surface area contributed by atoms with Crippen LogP contribution in [0.5, 0.6) is 5.75 Å². The minimum atomic E-state index is -5.34. The number of rotatable bonds is 4. The number of urea groups is 1. The number of amides is 2. The first-order valence-electron chi connectivity index (χ1n) is 6.08. The van der Waals surface area contributed by atoms with Crippen LogP contribution in [0.1, 0.15) is 13.8 Å². The van der Waals surface area contributed by atoms with Gasteiger partial charge in [0.15, 0.2) is 5.54 Å². The summed E-state index contributed by atoms with van der Waals surface area (Å²) in [6.07, 6.45) is -5.34. The molecule has 0 aliphatic rings. The molecule has 1 aromatic rings. The molecule has 1 rings (SSSR count). The fraction of sp³-hybridized carbons (Fsp3) is 0.462. The van der Waals surface area contributed by atoms with Crippen LogP contribution < -0.4 is 15.4 Å².